The van der Waals surface area contributed by atoms with Crippen molar-refractivity contribution in [2.24, 2.45) is 0 Å². The van der Waals surface area contributed by atoms with Gasteiger partial charge in [-0.25, -0.2) is 0 Å². The lowest BCUT2D eigenvalue weighted by atomic mass is 10.2. The number of benzene rings is 1. The molecule has 5 nitrogen and oxygen atoms in total. The van der Waals surface area contributed by atoms with Gasteiger partial charge in [-0.05, 0) is 37.9 Å². The Labute approximate surface area is 132 Å². The zero-order valence-corrected chi connectivity index (χ0v) is 14.1. The molecule has 0 radical (unpaired) electrons. The summed E-state index contributed by atoms with van der Waals surface area (Å²) >= 11 is 6.83. The van der Waals surface area contributed by atoms with Crippen LogP contribution in [0.4, 0.5) is 0 Å². The van der Waals surface area contributed by atoms with E-state index in [0.29, 0.717) is 38.8 Å². The highest BCUT2D eigenvalue weighted by Gasteiger charge is 2.19. The molecule has 0 spiro atoms. The van der Waals surface area contributed by atoms with Crippen LogP contribution < -0.4 is 4.74 Å². The van der Waals surface area contributed by atoms with E-state index in [1.807, 2.05) is 0 Å². The fourth-order valence-electron chi connectivity index (χ4n) is 1.90. The maximum Gasteiger partial charge on any atom is 0.228 e. The molecule has 0 fully saturated rings. The Morgan fingerprint density at radius 1 is 1.40 bits per heavy atom. The molecule has 1 heterocycles. The van der Waals surface area contributed by atoms with Crippen LogP contribution in [-0.4, -0.2) is 35.9 Å². The van der Waals surface area contributed by atoms with Crippen LogP contribution >= 0.6 is 31.9 Å². The number of rotatable bonds is 4. The normalized spacial score (nSPS) is 11.0. The highest BCUT2D eigenvalue weighted by Crippen LogP contribution is 2.43. The van der Waals surface area contributed by atoms with Crippen LogP contribution in [0.1, 0.15) is 11.7 Å². The number of aromatic nitrogens is 1. The zero-order valence-electron chi connectivity index (χ0n) is 10.9. The molecule has 0 unspecified atom stereocenters. The van der Waals surface area contributed by atoms with Crippen molar-refractivity contribution >= 4 is 48.7 Å². The SMILES string of the molecule is COCCOc1c(Br)cc2c(c(O)cn2C(C)=O)c1Br. The summed E-state index contributed by atoms with van der Waals surface area (Å²) in [6, 6.07) is 1.74. The standard InChI is InChI=1S/C13H13Br2NO4/c1-7(17)16-6-10(18)11-9(16)5-8(14)13(12(11)15)20-4-3-19-2/h5-6,18H,3-4H2,1-2H3. The molecule has 7 heteroatoms. The first-order valence-corrected chi connectivity index (χ1v) is 7.40. The van der Waals surface area contributed by atoms with Gasteiger partial charge in [0, 0.05) is 14.0 Å². The second-order valence-electron chi connectivity index (χ2n) is 4.14. The molecule has 0 aliphatic heterocycles. The Morgan fingerprint density at radius 2 is 2.10 bits per heavy atom. The molecule has 1 N–H and O–H groups in total. The molecule has 0 saturated carbocycles. The van der Waals surface area contributed by atoms with E-state index in [2.05, 4.69) is 31.9 Å². The summed E-state index contributed by atoms with van der Waals surface area (Å²) < 4.78 is 13.2. The van der Waals surface area contributed by atoms with E-state index in [9.17, 15) is 9.90 Å². The van der Waals surface area contributed by atoms with E-state index in [4.69, 9.17) is 9.47 Å². The topological polar surface area (TPSA) is 60.7 Å². The van der Waals surface area contributed by atoms with Crippen molar-refractivity contribution in [2.75, 3.05) is 20.3 Å². The molecule has 0 bridgehead atoms. The second kappa shape index (κ2) is 6.15. The lowest BCUT2D eigenvalue weighted by Crippen LogP contribution is -2.06. The van der Waals surface area contributed by atoms with Crippen molar-refractivity contribution in [3.05, 3.63) is 21.2 Å². The van der Waals surface area contributed by atoms with Crippen LogP contribution in [-0.2, 0) is 4.74 Å². The molecule has 2 rings (SSSR count). The quantitative estimate of drug-likeness (QED) is 0.788. The Kier molecular flexibility index (Phi) is 4.72. The van der Waals surface area contributed by atoms with Gasteiger partial charge >= 0.3 is 0 Å². The predicted octanol–water partition coefficient (Wildman–Crippen LogP) is 3.56. The van der Waals surface area contributed by atoms with Crippen molar-refractivity contribution < 1.29 is 19.4 Å². The molecule has 0 atom stereocenters. The van der Waals surface area contributed by atoms with Crippen molar-refractivity contribution in [1.82, 2.24) is 4.57 Å². The first kappa shape index (κ1) is 15.3. The van der Waals surface area contributed by atoms with Gasteiger partial charge in [0.25, 0.3) is 0 Å². The zero-order chi connectivity index (χ0) is 14.9. The van der Waals surface area contributed by atoms with E-state index < -0.39 is 0 Å². The monoisotopic (exact) mass is 405 g/mol. The molecule has 0 saturated heterocycles. The van der Waals surface area contributed by atoms with Crippen LogP contribution in [0.5, 0.6) is 11.5 Å². The molecule has 1 aromatic carbocycles. The van der Waals surface area contributed by atoms with E-state index in [1.54, 1.807) is 13.2 Å². The first-order valence-electron chi connectivity index (χ1n) is 5.82. The molecular weight excluding hydrogens is 394 g/mol. The number of fused-ring (bicyclic) bond motifs is 1. The summed E-state index contributed by atoms with van der Waals surface area (Å²) in [4.78, 5) is 11.6. The van der Waals surface area contributed by atoms with E-state index in [0.717, 1.165) is 0 Å². The van der Waals surface area contributed by atoms with E-state index in [-0.39, 0.29) is 11.7 Å². The van der Waals surface area contributed by atoms with Crippen LogP contribution in [0, 0.1) is 0 Å². The Bertz CT molecular complexity index is 666. The number of ether oxygens (including phenoxy) is 2. The molecule has 1 aromatic heterocycles. The lowest BCUT2D eigenvalue weighted by Gasteiger charge is -2.11. The summed E-state index contributed by atoms with van der Waals surface area (Å²) in [7, 11) is 1.59. The summed E-state index contributed by atoms with van der Waals surface area (Å²) in [6.45, 7) is 2.27. The molecule has 20 heavy (non-hydrogen) atoms. The third-order valence-corrected chi connectivity index (χ3v) is 4.14. The van der Waals surface area contributed by atoms with Crippen LogP contribution in [0.3, 0.4) is 0 Å². The number of methoxy groups -OCH3 is 1. The van der Waals surface area contributed by atoms with Gasteiger partial charge in [0.05, 0.1) is 32.7 Å². The molecule has 108 valence electrons. The van der Waals surface area contributed by atoms with Gasteiger partial charge in [0.15, 0.2) is 0 Å². The van der Waals surface area contributed by atoms with Crippen LogP contribution in [0.25, 0.3) is 10.9 Å². The van der Waals surface area contributed by atoms with Gasteiger partial charge in [0.1, 0.15) is 18.1 Å². The van der Waals surface area contributed by atoms with Crippen LogP contribution in [0.15, 0.2) is 21.2 Å². The highest BCUT2D eigenvalue weighted by atomic mass is 79.9. The average molecular weight is 407 g/mol. The average Bonchev–Trinajstić information content (AvgIpc) is 2.71. The number of hydrogen-bond donors (Lipinski definition) is 1. The van der Waals surface area contributed by atoms with Gasteiger partial charge in [-0.3, -0.25) is 9.36 Å². The number of aromatic hydroxyl groups is 1. The molecule has 0 aliphatic carbocycles. The van der Waals surface area contributed by atoms with Crippen LogP contribution in [0.2, 0.25) is 0 Å². The summed E-state index contributed by atoms with van der Waals surface area (Å²) in [5, 5.41) is 10.5. The lowest BCUT2D eigenvalue weighted by molar-refractivity contribution is 0.0941. The van der Waals surface area contributed by atoms with Gasteiger partial charge in [-0.1, -0.05) is 0 Å². The highest BCUT2D eigenvalue weighted by molar-refractivity contribution is 9.11. The van der Waals surface area contributed by atoms with Gasteiger partial charge in [-0.15, -0.1) is 0 Å². The summed E-state index contributed by atoms with van der Waals surface area (Å²) in [6.07, 6.45) is 1.39. The molecule has 0 amide bonds. The van der Waals surface area contributed by atoms with Gasteiger partial charge < -0.3 is 14.6 Å². The Hall–Kier alpha value is -1.05. The fourth-order valence-corrected chi connectivity index (χ4v) is 3.43. The third kappa shape index (κ3) is 2.70. The largest absolute Gasteiger partial charge is 0.506 e. The molecular formula is C13H13Br2NO4. The third-order valence-electron chi connectivity index (χ3n) is 2.80. The Morgan fingerprint density at radius 3 is 2.70 bits per heavy atom. The minimum Gasteiger partial charge on any atom is -0.506 e. The minimum absolute atomic E-state index is 0.0196. The van der Waals surface area contributed by atoms with Crippen molar-refractivity contribution in [3.8, 4) is 11.5 Å². The number of carbonyl (C=O) groups is 1. The van der Waals surface area contributed by atoms with Gasteiger partial charge in [0.2, 0.25) is 5.91 Å². The maximum absolute atomic E-state index is 11.6. The van der Waals surface area contributed by atoms with Gasteiger partial charge in [-0.2, -0.15) is 0 Å². The number of hydrogen-bond acceptors (Lipinski definition) is 4. The van der Waals surface area contributed by atoms with E-state index in [1.165, 1.54) is 17.7 Å². The maximum atomic E-state index is 11.6. The first-order chi connectivity index (χ1) is 9.47. The smallest absolute Gasteiger partial charge is 0.228 e. The minimum atomic E-state index is -0.179. The summed E-state index contributed by atoms with van der Waals surface area (Å²) in [5.74, 6) is 0.402. The number of nitrogens with zero attached hydrogens (tertiary/aromatic N) is 1. The second-order valence-corrected chi connectivity index (χ2v) is 5.79. The fraction of sp³-hybridized carbons (Fsp3) is 0.308. The molecule has 0 aliphatic rings. The van der Waals surface area contributed by atoms with Crippen molar-refractivity contribution in [3.63, 3.8) is 0 Å². The van der Waals surface area contributed by atoms with E-state index >= 15 is 0 Å². The Balaban J connectivity index is 2.58. The predicted molar refractivity (Wildman–Crippen MR) is 82.7 cm³/mol. The number of halogens is 2. The van der Waals surface area contributed by atoms with Crippen molar-refractivity contribution in [1.29, 1.82) is 0 Å². The van der Waals surface area contributed by atoms with Crippen molar-refractivity contribution in [2.45, 2.75) is 6.92 Å². The number of carbonyl (C=O) groups excluding carboxylic acids is 1. The molecule has 2 aromatic rings. The summed E-state index contributed by atoms with van der Waals surface area (Å²) in [5.41, 5.74) is 0.604.